The molecule has 6 heteroatoms. The van der Waals surface area contributed by atoms with Crippen molar-refractivity contribution in [2.24, 2.45) is 0 Å². The monoisotopic (exact) mass is 389 g/mol. The van der Waals surface area contributed by atoms with Crippen molar-refractivity contribution in [1.29, 1.82) is 0 Å². The molecule has 1 N–H and O–H groups in total. The van der Waals surface area contributed by atoms with Crippen LogP contribution < -0.4 is 10.2 Å². The molecule has 144 valence electrons. The summed E-state index contributed by atoms with van der Waals surface area (Å²) in [6.45, 7) is 5.07. The molecule has 2 aromatic rings. The van der Waals surface area contributed by atoms with Gasteiger partial charge in [0.2, 0.25) is 5.91 Å². The number of carbonyl (C=O) groups is 1. The largest absolute Gasteiger partial charge is 0.367 e. The molecule has 1 aliphatic rings. The number of carbonyl (C=O) groups excluding carboxylic acids is 1. The van der Waals surface area contributed by atoms with E-state index in [1.165, 1.54) is 6.07 Å². The number of halogens is 2. The Labute approximate surface area is 164 Å². The van der Waals surface area contributed by atoms with E-state index in [1.807, 2.05) is 24.3 Å². The van der Waals surface area contributed by atoms with Gasteiger partial charge in [-0.2, -0.15) is 0 Å². The normalized spacial score (nSPS) is 15.0. The van der Waals surface area contributed by atoms with Crippen molar-refractivity contribution in [3.05, 3.63) is 64.9 Å². The molecule has 27 heavy (non-hydrogen) atoms. The molecular weight excluding hydrogens is 365 g/mol. The molecule has 2 aromatic carbocycles. The topological polar surface area (TPSA) is 35.6 Å². The van der Waals surface area contributed by atoms with Crippen LogP contribution in [0.25, 0.3) is 0 Å². The van der Waals surface area contributed by atoms with Crippen LogP contribution >= 0.6 is 11.6 Å². The highest BCUT2D eigenvalue weighted by molar-refractivity contribution is 6.30. The summed E-state index contributed by atoms with van der Waals surface area (Å²) in [5.41, 5.74) is 1.65. The van der Waals surface area contributed by atoms with Crippen LogP contribution in [0.3, 0.4) is 0 Å². The smallest absolute Gasteiger partial charge is 0.224 e. The summed E-state index contributed by atoms with van der Waals surface area (Å²) < 4.78 is 13.9. The second-order valence-electron chi connectivity index (χ2n) is 6.79. The molecular formula is C21H25ClFN3O. The summed E-state index contributed by atoms with van der Waals surface area (Å²) in [5.74, 6) is -0.129. The van der Waals surface area contributed by atoms with E-state index in [4.69, 9.17) is 11.6 Å². The number of nitrogens with zero attached hydrogens (tertiary/aromatic N) is 2. The van der Waals surface area contributed by atoms with Crippen molar-refractivity contribution in [2.45, 2.75) is 12.8 Å². The van der Waals surface area contributed by atoms with Crippen LogP contribution in [-0.2, 0) is 11.2 Å². The minimum atomic E-state index is -0.158. The summed E-state index contributed by atoms with van der Waals surface area (Å²) in [6, 6.07) is 14.3. The maximum Gasteiger partial charge on any atom is 0.224 e. The van der Waals surface area contributed by atoms with Crippen molar-refractivity contribution in [1.82, 2.24) is 10.2 Å². The minimum absolute atomic E-state index is 0.0293. The first-order valence-corrected chi connectivity index (χ1v) is 9.72. The van der Waals surface area contributed by atoms with Crippen LogP contribution in [0.2, 0.25) is 5.02 Å². The molecule has 0 unspecified atom stereocenters. The first-order chi connectivity index (χ1) is 13.1. The van der Waals surface area contributed by atoms with Gasteiger partial charge in [0.15, 0.2) is 0 Å². The molecule has 4 nitrogen and oxygen atoms in total. The van der Waals surface area contributed by atoms with Crippen molar-refractivity contribution >= 4 is 23.2 Å². The van der Waals surface area contributed by atoms with Crippen LogP contribution in [0.4, 0.5) is 10.1 Å². The zero-order valence-corrected chi connectivity index (χ0v) is 16.1. The maximum atomic E-state index is 13.9. The van der Waals surface area contributed by atoms with E-state index in [1.54, 1.807) is 18.2 Å². The molecule has 1 saturated heterocycles. The quantitative estimate of drug-likeness (QED) is 0.738. The predicted octanol–water partition coefficient (Wildman–Crippen LogP) is 3.35. The molecule has 0 atom stereocenters. The van der Waals surface area contributed by atoms with Gasteiger partial charge < -0.3 is 10.2 Å². The Hall–Kier alpha value is -2.11. The molecule has 0 aromatic heterocycles. The van der Waals surface area contributed by atoms with Crippen LogP contribution in [0.15, 0.2) is 48.5 Å². The van der Waals surface area contributed by atoms with E-state index in [0.29, 0.717) is 23.7 Å². The fraction of sp³-hybridized carbons (Fsp3) is 0.381. The predicted molar refractivity (Wildman–Crippen MR) is 108 cm³/mol. The Morgan fingerprint density at radius 3 is 2.44 bits per heavy atom. The Morgan fingerprint density at radius 2 is 1.74 bits per heavy atom. The summed E-state index contributed by atoms with van der Waals surface area (Å²) in [6.07, 6.45) is 1.28. The van der Waals surface area contributed by atoms with Gasteiger partial charge in [0.05, 0.1) is 12.1 Å². The standard InChI is InChI=1S/C21H25ClFN3O/c22-18-8-6-17(7-9-18)16-21(27)24-10-3-11-25-12-14-26(15-13-25)20-5-2-1-4-19(20)23/h1-2,4-9H,3,10-16H2,(H,24,27). The molecule has 1 fully saturated rings. The van der Waals surface area contributed by atoms with E-state index >= 15 is 0 Å². The molecule has 0 aliphatic carbocycles. The Balaban J connectivity index is 1.32. The number of nitrogens with one attached hydrogen (secondary N) is 1. The van der Waals surface area contributed by atoms with Gasteiger partial charge in [-0.3, -0.25) is 9.69 Å². The molecule has 1 heterocycles. The Kier molecular flexibility index (Phi) is 7.07. The number of anilines is 1. The van der Waals surface area contributed by atoms with Crippen LogP contribution in [0, 0.1) is 5.82 Å². The number of hydrogen-bond acceptors (Lipinski definition) is 3. The van der Waals surface area contributed by atoms with E-state index in [2.05, 4.69) is 15.1 Å². The lowest BCUT2D eigenvalue weighted by Crippen LogP contribution is -2.47. The Bertz CT molecular complexity index is 745. The first-order valence-electron chi connectivity index (χ1n) is 9.35. The van der Waals surface area contributed by atoms with Gasteiger partial charge in [-0.25, -0.2) is 4.39 Å². The highest BCUT2D eigenvalue weighted by Crippen LogP contribution is 2.20. The summed E-state index contributed by atoms with van der Waals surface area (Å²) in [5, 5.41) is 3.64. The van der Waals surface area contributed by atoms with E-state index < -0.39 is 0 Å². The lowest BCUT2D eigenvalue weighted by Gasteiger charge is -2.36. The van der Waals surface area contributed by atoms with Crippen LogP contribution in [0.5, 0.6) is 0 Å². The van der Waals surface area contributed by atoms with Crippen molar-refractivity contribution < 1.29 is 9.18 Å². The van der Waals surface area contributed by atoms with Gasteiger partial charge in [0.25, 0.3) is 0 Å². The number of benzene rings is 2. The van der Waals surface area contributed by atoms with Crippen molar-refractivity contribution in [3.63, 3.8) is 0 Å². The molecule has 0 bridgehead atoms. The zero-order valence-electron chi connectivity index (χ0n) is 15.3. The lowest BCUT2D eigenvalue weighted by atomic mass is 10.1. The minimum Gasteiger partial charge on any atom is -0.367 e. The van der Waals surface area contributed by atoms with E-state index in [0.717, 1.165) is 44.7 Å². The van der Waals surface area contributed by atoms with Crippen LogP contribution in [0.1, 0.15) is 12.0 Å². The SMILES string of the molecule is O=C(Cc1ccc(Cl)cc1)NCCCN1CCN(c2ccccc2F)CC1. The van der Waals surface area contributed by atoms with E-state index in [9.17, 15) is 9.18 Å². The van der Waals surface area contributed by atoms with Crippen LogP contribution in [-0.4, -0.2) is 50.1 Å². The Morgan fingerprint density at radius 1 is 1.04 bits per heavy atom. The number of amides is 1. The molecule has 0 radical (unpaired) electrons. The number of para-hydroxylation sites is 1. The summed E-state index contributed by atoms with van der Waals surface area (Å²) >= 11 is 5.85. The maximum absolute atomic E-state index is 13.9. The second kappa shape index (κ2) is 9.72. The number of piperazine rings is 1. The third-order valence-electron chi connectivity index (χ3n) is 4.82. The zero-order chi connectivity index (χ0) is 19.1. The number of rotatable bonds is 7. The van der Waals surface area contributed by atoms with Gasteiger partial charge in [-0.15, -0.1) is 0 Å². The lowest BCUT2D eigenvalue weighted by molar-refractivity contribution is -0.120. The fourth-order valence-electron chi connectivity index (χ4n) is 3.30. The molecule has 0 spiro atoms. The second-order valence-corrected chi connectivity index (χ2v) is 7.22. The fourth-order valence-corrected chi connectivity index (χ4v) is 3.43. The first kappa shape index (κ1) is 19.6. The number of hydrogen-bond donors (Lipinski definition) is 1. The van der Waals surface area contributed by atoms with Gasteiger partial charge in [0, 0.05) is 37.7 Å². The molecule has 1 aliphatic heterocycles. The van der Waals surface area contributed by atoms with Gasteiger partial charge >= 0.3 is 0 Å². The van der Waals surface area contributed by atoms with E-state index in [-0.39, 0.29) is 11.7 Å². The average molecular weight is 390 g/mol. The molecule has 1 amide bonds. The van der Waals surface area contributed by atoms with Crippen molar-refractivity contribution in [2.75, 3.05) is 44.2 Å². The van der Waals surface area contributed by atoms with Crippen molar-refractivity contribution in [3.8, 4) is 0 Å². The summed E-state index contributed by atoms with van der Waals surface area (Å²) in [4.78, 5) is 16.4. The highest BCUT2D eigenvalue weighted by atomic mass is 35.5. The third-order valence-corrected chi connectivity index (χ3v) is 5.07. The third kappa shape index (κ3) is 5.94. The summed E-state index contributed by atoms with van der Waals surface area (Å²) in [7, 11) is 0. The molecule has 3 rings (SSSR count). The molecule has 0 saturated carbocycles. The highest BCUT2D eigenvalue weighted by Gasteiger charge is 2.18. The van der Waals surface area contributed by atoms with Gasteiger partial charge in [-0.1, -0.05) is 35.9 Å². The average Bonchev–Trinajstić information content (AvgIpc) is 2.68. The van der Waals surface area contributed by atoms with Gasteiger partial charge in [-0.05, 0) is 42.8 Å². The van der Waals surface area contributed by atoms with Gasteiger partial charge in [0.1, 0.15) is 5.82 Å².